The molecule has 1 radical (unpaired) electrons. The Balaban J connectivity index is 3.29. The molecule has 0 atom stereocenters. The van der Waals surface area contributed by atoms with Gasteiger partial charge in [0, 0.05) is 11.6 Å². The molecule has 0 heterocycles. The van der Waals surface area contributed by atoms with Crippen molar-refractivity contribution in [3.63, 3.8) is 0 Å². The van der Waals surface area contributed by atoms with E-state index in [1.807, 2.05) is 26.8 Å². The third-order valence-electron chi connectivity index (χ3n) is 1.92. The van der Waals surface area contributed by atoms with Crippen molar-refractivity contribution in [3.05, 3.63) is 29.6 Å². The van der Waals surface area contributed by atoms with E-state index in [-0.39, 0.29) is 5.41 Å². The predicted molar refractivity (Wildman–Crippen MR) is 50.5 cm³/mol. The highest BCUT2D eigenvalue weighted by Crippen LogP contribution is 2.32. The molecule has 71 valence electrons. The fourth-order valence-electron chi connectivity index (χ4n) is 1.25. The van der Waals surface area contributed by atoms with Crippen LogP contribution in [0.4, 0.5) is 4.39 Å². The lowest BCUT2D eigenvalue weighted by atomic mass is 9.86. The average molecular weight is 181 g/mol. The molecule has 0 fully saturated rings. The second kappa shape index (κ2) is 3.36. The van der Waals surface area contributed by atoms with Crippen molar-refractivity contribution in [1.82, 2.24) is 0 Å². The first-order chi connectivity index (χ1) is 5.96. The van der Waals surface area contributed by atoms with Crippen LogP contribution in [0.1, 0.15) is 26.3 Å². The van der Waals surface area contributed by atoms with E-state index in [0.29, 0.717) is 5.75 Å². The number of methoxy groups -OCH3 is 1. The monoisotopic (exact) mass is 181 g/mol. The van der Waals surface area contributed by atoms with Crippen LogP contribution in [-0.2, 0) is 5.41 Å². The van der Waals surface area contributed by atoms with Crippen molar-refractivity contribution in [3.8, 4) is 5.75 Å². The molecular formula is C11H14FO. The maximum absolute atomic E-state index is 13.2. The van der Waals surface area contributed by atoms with Crippen LogP contribution >= 0.6 is 0 Å². The van der Waals surface area contributed by atoms with Crippen molar-refractivity contribution >= 4 is 0 Å². The fourth-order valence-corrected chi connectivity index (χ4v) is 1.25. The molecule has 0 N–H and O–H groups in total. The van der Waals surface area contributed by atoms with E-state index in [9.17, 15) is 4.39 Å². The van der Waals surface area contributed by atoms with Crippen LogP contribution in [0.2, 0.25) is 0 Å². The molecule has 0 aromatic heterocycles. The van der Waals surface area contributed by atoms with Gasteiger partial charge >= 0.3 is 0 Å². The number of halogens is 1. The molecular weight excluding hydrogens is 167 g/mol. The van der Waals surface area contributed by atoms with Crippen LogP contribution in [0.5, 0.6) is 5.75 Å². The lowest BCUT2D eigenvalue weighted by molar-refractivity contribution is 0.370. The van der Waals surface area contributed by atoms with Gasteiger partial charge in [0.15, 0.2) is 11.6 Å². The summed E-state index contributed by atoms with van der Waals surface area (Å²) in [6, 6.07) is 5.89. The zero-order valence-electron chi connectivity index (χ0n) is 8.44. The normalized spacial score (nSPS) is 11.5. The van der Waals surface area contributed by atoms with Crippen molar-refractivity contribution in [2.24, 2.45) is 0 Å². The van der Waals surface area contributed by atoms with Gasteiger partial charge in [0.1, 0.15) is 0 Å². The summed E-state index contributed by atoms with van der Waals surface area (Å²) < 4.78 is 18.2. The minimum Gasteiger partial charge on any atom is -0.493 e. The summed E-state index contributed by atoms with van der Waals surface area (Å²) in [7, 11) is 1.47. The molecule has 0 aliphatic rings. The van der Waals surface area contributed by atoms with Gasteiger partial charge in [-0.25, -0.2) is 4.39 Å². The minimum atomic E-state index is -0.421. The van der Waals surface area contributed by atoms with Crippen molar-refractivity contribution < 1.29 is 9.13 Å². The van der Waals surface area contributed by atoms with E-state index in [0.717, 1.165) is 5.56 Å². The van der Waals surface area contributed by atoms with Crippen LogP contribution in [0, 0.1) is 11.9 Å². The molecule has 0 saturated carbocycles. The quantitative estimate of drug-likeness (QED) is 0.647. The van der Waals surface area contributed by atoms with Gasteiger partial charge in [-0.2, -0.15) is 0 Å². The molecule has 2 heteroatoms. The smallest absolute Gasteiger partial charge is 0.173 e. The van der Waals surface area contributed by atoms with Crippen molar-refractivity contribution in [2.75, 3.05) is 7.11 Å². The molecule has 0 amide bonds. The summed E-state index contributed by atoms with van der Waals surface area (Å²) in [6.07, 6.45) is 0. The van der Waals surface area contributed by atoms with E-state index in [1.54, 1.807) is 6.07 Å². The maximum atomic E-state index is 13.2. The van der Waals surface area contributed by atoms with Crippen molar-refractivity contribution in [2.45, 2.75) is 26.2 Å². The molecule has 0 bridgehead atoms. The zero-order valence-corrected chi connectivity index (χ0v) is 8.44. The van der Waals surface area contributed by atoms with E-state index >= 15 is 0 Å². The van der Waals surface area contributed by atoms with E-state index in [2.05, 4.69) is 6.07 Å². The first kappa shape index (κ1) is 10.0. The predicted octanol–water partition coefficient (Wildman–Crippen LogP) is 2.93. The summed E-state index contributed by atoms with van der Waals surface area (Å²) in [5, 5.41) is 0. The van der Waals surface area contributed by atoms with Gasteiger partial charge in [-0.1, -0.05) is 32.9 Å². The first-order valence-corrected chi connectivity index (χ1v) is 4.21. The third-order valence-corrected chi connectivity index (χ3v) is 1.92. The largest absolute Gasteiger partial charge is 0.493 e. The molecule has 0 unspecified atom stereocenters. The highest BCUT2D eigenvalue weighted by molar-refractivity contribution is 5.39. The SMILES string of the molecule is COc1c(F)[c]ccc1C(C)(C)C. The number of hydrogen-bond donors (Lipinski definition) is 0. The van der Waals surface area contributed by atoms with E-state index in [1.165, 1.54) is 7.11 Å². The lowest BCUT2D eigenvalue weighted by Crippen LogP contribution is -2.13. The second-order valence-electron chi connectivity index (χ2n) is 3.99. The molecule has 1 aromatic carbocycles. The van der Waals surface area contributed by atoms with Gasteiger partial charge in [-0.05, 0) is 5.41 Å². The Labute approximate surface area is 78.5 Å². The summed E-state index contributed by atoms with van der Waals surface area (Å²) in [4.78, 5) is 0. The standard InChI is InChI=1S/C11H14FO/c1-11(2,3)8-6-5-7-9(12)10(8)13-4/h5-6H,1-4H3. The van der Waals surface area contributed by atoms with Gasteiger partial charge in [0.05, 0.1) is 7.11 Å². The molecule has 0 saturated heterocycles. The van der Waals surface area contributed by atoms with Crippen LogP contribution < -0.4 is 4.74 Å². The Morgan fingerprint density at radius 2 is 2.00 bits per heavy atom. The molecule has 0 aliphatic heterocycles. The van der Waals surface area contributed by atoms with Gasteiger partial charge in [0.2, 0.25) is 0 Å². The number of ether oxygens (including phenoxy) is 1. The maximum Gasteiger partial charge on any atom is 0.173 e. The van der Waals surface area contributed by atoms with Crippen LogP contribution in [0.25, 0.3) is 0 Å². The molecule has 1 rings (SSSR count). The van der Waals surface area contributed by atoms with Gasteiger partial charge in [-0.15, -0.1) is 0 Å². The summed E-state index contributed by atoms with van der Waals surface area (Å²) in [6.45, 7) is 6.05. The number of rotatable bonds is 1. The highest BCUT2D eigenvalue weighted by Gasteiger charge is 2.20. The van der Waals surface area contributed by atoms with Gasteiger partial charge in [0.25, 0.3) is 0 Å². The van der Waals surface area contributed by atoms with E-state index < -0.39 is 5.82 Å². The molecule has 0 aliphatic carbocycles. The molecule has 13 heavy (non-hydrogen) atoms. The molecule has 1 nitrogen and oxygen atoms in total. The summed E-state index contributed by atoms with van der Waals surface area (Å²) in [5.41, 5.74) is 0.757. The first-order valence-electron chi connectivity index (χ1n) is 4.21. The Hall–Kier alpha value is -1.05. The third kappa shape index (κ3) is 2.00. The highest BCUT2D eigenvalue weighted by atomic mass is 19.1. The summed E-state index contributed by atoms with van der Waals surface area (Å²) >= 11 is 0. The Morgan fingerprint density at radius 1 is 1.38 bits per heavy atom. The zero-order chi connectivity index (χ0) is 10.1. The van der Waals surface area contributed by atoms with Gasteiger partial charge in [-0.3, -0.25) is 0 Å². The second-order valence-corrected chi connectivity index (χ2v) is 3.99. The van der Waals surface area contributed by atoms with Gasteiger partial charge < -0.3 is 4.74 Å². The number of hydrogen-bond acceptors (Lipinski definition) is 1. The van der Waals surface area contributed by atoms with Crippen LogP contribution in [-0.4, -0.2) is 7.11 Å². The topological polar surface area (TPSA) is 9.23 Å². The summed E-state index contributed by atoms with van der Waals surface area (Å²) in [5.74, 6) is -0.120. The Bertz CT molecular complexity index is 299. The lowest BCUT2D eigenvalue weighted by Gasteiger charge is -2.21. The fraction of sp³-hybridized carbons (Fsp3) is 0.455. The Morgan fingerprint density at radius 3 is 2.38 bits per heavy atom. The van der Waals surface area contributed by atoms with Crippen LogP contribution in [0.3, 0.4) is 0 Å². The molecule has 1 aromatic rings. The molecule has 0 spiro atoms. The van der Waals surface area contributed by atoms with Crippen molar-refractivity contribution in [1.29, 1.82) is 0 Å². The average Bonchev–Trinajstić information content (AvgIpc) is 2.02. The van der Waals surface area contributed by atoms with E-state index in [4.69, 9.17) is 4.74 Å². The minimum absolute atomic E-state index is 0.110. The van der Waals surface area contributed by atoms with Crippen LogP contribution in [0.15, 0.2) is 12.1 Å². The number of benzene rings is 1. The Kier molecular flexibility index (Phi) is 2.60.